The number of urea groups is 1. The summed E-state index contributed by atoms with van der Waals surface area (Å²) in [6.45, 7) is 4.62. The van der Waals surface area contributed by atoms with E-state index in [0.717, 1.165) is 17.7 Å². The van der Waals surface area contributed by atoms with Crippen molar-refractivity contribution in [1.29, 1.82) is 0 Å². The summed E-state index contributed by atoms with van der Waals surface area (Å²) in [6.07, 6.45) is 0.975. The van der Waals surface area contributed by atoms with E-state index >= 15 is 0 Å². The van der Waals surface area contributed by atoms with Crippen LogP contribution in [0.1, 0.15) is 19.4 Å². The predicted molar refractivity (Wildman–Crippen MR) is 68.1 cm³/mol. The van der Waals surface area contributed by atoms with E-state index in [0.29, 0.717) is 6.54 Å². The zero-order chi connectivity index (χ0) is 12.8. The van der Waals surface area contributed by atoms with E-state index in [1.807, 2.05) is 38.1 Å². The predicted octanol–water partition coefficient (Wildman–Crippen LogP) is 2.03. The lowest BCUT2D eigenvalue weighted by atomic mass is 10.1. The molecular weight excluding hydrogens is 216 g/mol. The molecule has 0 aliphatic rings. The maximum absolute atomic E-state index is 10.8. The monoisotopic (exact) mass is 236 g/mol. The molecular formula is C13H20N2O2. The molecule has 1 rings (SSSR count). The lowest BCUT2D eigenvalue weighted by Gasteiger charge is -2.14. The third kappa shape index (κ3) is 4.76. The zero-order valence-electron chi connectivity index (χ0n) is 10.6. The summed E-state index contributed by atoms with van der Waals surface area (Å²) in [4.78, 5) is 12.3. The molecule has 0 heterocycles. The molecule has 4 nitrogen and oxygen atoms in total. The SMILES string of the molecule is CC(C)Oc1ccc(CCN(C)C(N)=O)cc1. The highest BCUT2D eigenvalue weighted by atomic mass is 16.5. The van der Waals surface area contributed by atoms with Crippen molar-refractivity contribution < 1.29 is 9.53 Å². The number of primary amides is 1. The smallest absolute Gasteiger partial charge is 0.314 e. The number of carbonyl (C=O) groups is 1. The van der Waals surface area contributed by atoms with E-state index in [2.05, 4.69) is 0 Å². The van der Waals surface area contributed by atoms with Gasteiger partial charge in [0.15, 0.2) is 0 Å². The molecule has 0 saturated carbocycles. The molecule has 0 saturated heterocycles. The maximum atomic E-state index is 10.8. The summed E-state index contributed by atoms with van der Waals surface area (Å²) >= 11 is 0. The van der Waals surface area contributed by atoms with Gasteiger partial charge in [-0.1, -0.05) is 12.1 Å². The van der Waals surface area contributed by atoms with Crippen molar-refractivity contribution in [1.82, 2.24) is 4.90 Å². The van der Waals surface area contributed by atoms with Crippen LogP contribution < -0.4 is 10.5 Å². The van der Waals surface area contributed by atoms with Crippen molar-refractivity contribution in [2.45, 2.75) is 26.4 Å². The molecule has 4 heteroatoms. The van der Waals surface area contributed by atoms with Gasteiger partial charge in [-0.05, 0) is 38.0 Å². The third-order valence-corrected chi connectivity index (χ3v) is 2.41. The molecule has 0 bridgehead atoms. The minimum atomic E-state index is -0.398. The summed E-state index contributed by atoms with van der Waals surface area (Å²) in [6, 6.07) is 7.50. The van der Waals surface area contributed by atoms with Crippen molar-refractivity contribution in [3.63, 3.8) is 0 Å². The van der Waals surface area contributed by atoms with Crippen LogP contribution in [-0.2, 0) is 6.42 Å². The van der Waals surface area contributed by atoms with E-state index in [4.69, 9.17) is 10.5 Å². The fourth-order valence-electron chi connectivity index (χ4n) is 1.41. The molecule has 0 radical (unpaired) electrons. The Balaban J connectivity index is 2.48. The number of benzene rings is 1. The molecule has 2 amide bonds. The molecule has 0 aliphatic heterocycles. The van der Waals surface area contributed by atoms with Crippen molar-refractivity contribution in [2.75, 3.05) is 13.6 Å². The second-order valence-electron chi connectivity index (χ2n) is 4.32. The van der Waals surface area contributed by atoms with Crippen LogP contribution in [0.5, 0.6) is 5.75 Å². The van der Waals surface area contributed by atoms with E-state index in [9.17, 15) is 4.79 Å². The van der Waals surface area contributed by atoms with Crippen LogP contribution in [0.4, 0.5) is 4.79 Å². The van der Waals surface area contributed by atoms with Gasteiger partial charge < -0.3 is 15.4 Å². The first-order valence-corrected chi connectivity index (χ1v) is 5.75. The minimum absolute atomic E-state index is 0.182. The Morgan fingerprint density at radius 1 is 1.35 bits per heavy atom. The van der Waals surface area contributed by atoms with E-state index in [-0.39, 0.29) is 6.10 Å². The van der Waals surface area contributed by atoms with Crippen LogP contribution in [0.2, 0.25) is 0 Å². The number of likely N-dealkylation sites (N-methyl/N-ethyl adjacent to an activating group) is 1. The van der Waals surface area contributed by atoms with E-state index < -0.39 is 6.03 Å². The lowest BCUT2D eigenvalue weighted by Crippen LogP contribution is -2.33. The van der Waals surface area contributed by atoms with Gasteiger partial charge in [0, 0.05) is 13.6 Å². The number of nitrogens with zero attached hydrogens (tertiary/aromatic N) is 1. The molecule has 94 valence electrons. The zero-order valence-corrected chi connectivity index (χ0v) is 10.6. The normalized spacial score (nSPS) is 10.4. The topological polar surface area (TPSA) is 55.6 Å². The Kier molecular flexibility index (Phi) is 4.82. The summed E-state index contributed by atoms with van der Waals surface area (Å²) in [5, 5.41) is 0. The number of hydrogen-bond acceptors (Lipinski definition) is 2. The molecule has 0 unspecified atom stereocenters. The summed E-state index contributed by atoms with van der Waals surface area (Å²) < 4.78 is 5.55. The van der Waals surface area contributed by atoms with E-state index in [1.54, 1.807) is 7.05 Å². The first-order chi connectivity index (χ1) is 7.99. The Bertz CT molecular complexity index is 360. The van der Waals surface area contributed by atoms with Gasteiger partial charge in [-0.25, -0.2) is 4.79 Å². The quantitative estimate of drug-likeness (QED) is 0.850. The molecule has 1 aromatic carbocycles. The highest BCUT2D eigenvalue weighted by molar-refractivity contribution is 5.71. The van der Waals surface area contributed by atoms with Gasteiger partial charge in [0.05, 0.1) is 6.10 Å². The second kappa shape index (κ2) is 6.13. The largest absolute Gasteiger partial charge is 0.491 e. The summed E-state index contributed by atoms with van der Waals surface area (Å²) in [5.74, 6) is 0.868. The van der Waals surface area contributed by atoms with Gasteiger partial charge in [0.1, 0.15) is 5.75 Å². The fraction of sp³-hybridized carbons (Fsp3) is 0.462. The molecule has 2 N–H and O–H groups in total. The van der Waals surface area contributed by atoms with Gasteiger partial charge in [-0.15, -0.1) is 0 Å². The average Bonchev–Trinajstić information content (AvgIpc) is 2.26. The number of nitrogens with two attached hydrogens (primary N) is 1. The Hall–Kier alpha value is -1.71. The maximum Gasteiger partial charge on any atom is 0.314 e. The van der Waals surface area contributed by atoms with Crippen LogP contribution in [0, 0.1) is 0 Å². The molecule has 0 spiro atoms. The molecule has 0 aliphatic carbocycles. The number of hydrogen-bond donors (Lipinski definition) is 1. The average molecular weight is 236 g/mol. The molecule has 0 aromatic heterocycles. The van der Waals surface area contributed by atoms with Crippen LogP contribution in [0.25, 0.3) is 0 Å². The minimum Gasteiger partial charge on any atom is -0.491 e. The third-order valence-electron chi connectivity index (χ3n) is 2.41. The standard InChI is InChI=1S/C13H20N2O2/c1-10(2)17-12-6-4-11(5-7-12)8-9-15(3)13(14)16/h4-7,10H,8-9H2,1-3H3,(H2,14,16). The number of carbonyl (C=O) groups excluding carboxylic acids is 1. The molecule has 0 atom stereocenters. The highest BCUT2D eigenvalue weighted by Gasteiger charge is 2.03. The molecule has 1 aromatic rings. The molecule has 0 fully saturated rings. The Morgan fingerprint density at radius 2 is 1.94 bits per heavy atom. The van der Waals surface area contributed by atoms with Crippen LogP contribution in [-0.4, -0.2) is 30.6 Å². The van der Waals surface area contributed by atoms with Gasteiger partial charge in [0.2, 0.25) is 0 Å². The number of rotatable bonds is 5. The van der Waals surface area contributed by atoms with Crippen molar-refractivity contribution >= 4 is 6.03 Å². The van der Waals surface area contributed by atoms with E-state index in [1.165, 1.54) is 4.90 Å². The molecule has 17 heavy (non-hydrogen) atoms. The van der Waals surface area contributed by atoms with Crippen LogP contribution >= 0.6 is 0 Å². The first-order valence-electron chi connectivity index (χ1n) is 5.75. The van der Waals surface area contributed by atoms with Crippen LogP contribution in [0.15, 0.2) is 24.3 Å². The fourth-order valence-corrected chi connectivity index (χ4v) is 1.41. The summed E-state index contributed by atoms with van der Waals surface area (Å²) in [7, 11) is 1.69. The lowest BCUT2D eigenvalue weighted by molar-refractivity contribution is 0.219. The van der Waals surface area contributed by atoms with Gasteiger partial charge in [-0.2, -0.15) is 0 Å². The highest BCUT2D eigenvalue weighted by Crippen LogP contribution is 2.14. The van der Waals surface area contributed by atoms with Crippen LogP contribution in [0.3, 0.4) is 0 Å². The Morgan fingerprint density at radius 3 is 2.41 bits per heavy atom. The van der Waals surface area contributed by atoms with Gasteiger partial charge in [-0.3, -0.25) is 0 Å². The summed E-state index contributed by atoms with van der Waals surface area (Å²) in [5.41, 5.74) is 6.31. The number of amides is 2. The van der Waals surface area contributed by atoms with Crippen molar-refractivity contribution in [3.05, 3.63) is 29.8 Å². The van der Waals surface area contributed by atoms with Crippen molar-refractivity contribution in [2.24, 2.45) is 5.73 Å². The van der Waals surface area contributed by atoms with Gasteiger partial charge >= 0.3 is 6.03 Å². The first kappa shape index (κ1) is 13.4. The van der Waals surface area contributed by atoms with Crippen molar-refractivity contribution in [3.8, 4) is 5.75 Å². The van der Waals surface area contributed by atoms with Gasteiger partial charge in [0.25, 0.3) is 0 Å². The number of ether oxygens (including phenoxy) is 1. The Labute approximate surface area is 102 Å². The second-order valence-corrected chi connectivity index (χ2v) is 4.32.